The first kappa shape index (κ1) is 12.6. The number of nitriles is 1. The Bertz CT molecular complexity index is 379. The van der Waals surface area contributed by atoms with Gasteiger partial charge in [0, 0.05) is 15.1 Å². The monoisotopic (exact) mass is 334 g/mol. The highest BCUT2D eigenvalue weighted by atomic mass is 79.9. The molecule has 0 aliphatic heterocycles. The minimum atomic E-state index is -0.764. The SMILES string of the molecule is N#CC(OCCO)c1ncc(Br)cc1Br. The lowest BCUT2D eigenvalue weighted by atomic mass is 10.2. The number of hydrogen-bond acceptors (Lipinski definition) is 4. The van der Waals surface area contributed by atoms with E-state index in [1.54, 1.807) is 12.3 Å². The molecule has 1 rings (SSSR count). The molecule has 0 aromatic carbocycles. The van der Waals surface area contributed by atoms with Gasteiger partial charge in [-0.2, -0.15) is 5.26 Å². The predicted molar refractivity (Wildman–Crippen MR) is 61.0 cm³/mol. The second-order valence-electron chi connectivity index (χ2n) is 2.62. The van der Waals surface area contributed by atoms with Crippen LogP contribution in [0.2, 0.25) is 0 Å². The van der Waals surface area contributed by atoms with E-state index in [4.69, 9.17) is 15.1 Å². The van der Waals surface area contributed by atoms with Crippen molar-refractivity contribution < 1.29 is 9.84 Å². The second-order valence-corrected chi connectivity index (χ2v) is 4.39. The van der Waals surface area contributed by atoms with Crippen LogP contribution in [0.3, 0.4) is 0 Å². The van der Waals surface area contributed by atoms with Gasteiger partial charge < -0.3 is 9.84 Å². The number of aliphatic hydroxyl groups excluding tert-OH is 1. The van der Waals surface area contributed by atoms with Gasteiger partial charge in [-0.15, -0.1) is 0 Å². The summed E-state index contributed by atoms with van der Waals surface area (Å²) in [7, 11) is 0. The highest BCUT2D eigenvalue weighted by Gasteiger charge is 2.15. The van der Waals surface area contributed by atoms with E-state index in [2.05, 4.69) is 36.8 Å². The van der Waals surface area contributed by atoms with Crippen molar-refractivity contribution in [2.24, 2.45) is 0 Å². The summed E-state index contributed by atoms with van der Waals surface area (Å²) >= 11 is 6.56. The second kappa shape index (κ2) is 6.18. The first-order valence-electron chi connectivity index (χ1n) is 4.12. The Balaban J connectivity index is 2.88. The Morgan fingerprint density at radius 1 is 1.60 bits per heavy atom. The molecule has 0 spiro atoms. The first-order valence-corrected chi connectivity index (χ1v) is 5.70. The number of aliphatic hydroxyl groups is 1. The van der Waals surface area contributed by atoms with Crippen molar-refractivity contribution in [3.63, 3.8) is 0 Å². The Kier molecular flexibility index (Phi) is 5.19. The number of aromatic nitrogens is 1. The number of nitrogens with zero attached hydrogens (tertiary/aromatic N) is 2. The molecule has 0 saturated carbocycles. The quantitative estimate of drug-likeness (QED) is 0.915. The van der Waals surface area contributed by atoms with Crippen molar-refractivity contribution in [2.45, 2.75) is 6.10 Å². The summed E-state index contributed by atoms with van der Waals surface area (Å²) in [4.78, 5) is 4.08. The van der Waals surface area contributed by atoms with Gasteiger partial charge in [0.25, 0.3) is 0 Å². The maximum absolute atomic E-state index is 8.87. The lowest BCUT2D eigenvalue weighted by molar-refractivity contribution is 0.0556. The van der Waals surface area contributed by atoms with Crippen LogP contribution in [0.5, 0.6) is 0 Å². The summed E-state index contributed by atoms with van der Waals surface area (Å²) in [5, 5.41) is 17.5. The molecule has 6 heteroatoms. The molecule has 0 radical (unpaired) electrons. The van der Waals surface area contributed by atoms with Crippen molar-refractivity contribution >= 4 is 31.9 Å². The summed E-state index contributed by atoms with van der Waals surface area (Å²) in [6, 6.07) is 3.76. The predicted octanol–water partition coefficient (Wildman–Crippen LogP) is 2.18. The van der Waals surface area contributed by atoms with Crippen LogP contribution in [0.4, 0.5) is 0 Å². The van der Waals surface area contributed by atoms with Crippen molar-refractivity contribution in [1.29, 1.82) is 5.26 Å². The van der Waals surface area contributed by atoms with Crippen LogP contribution in [0, 0.1) is 11.3 Å². The molecule has 1 N–H and O–H groups in total. The van der Waals surface area contributed by atoms with E-state index in [1.807, 2.05) is 6.07 Å². The summed E-state index contributed by atoms with van der Waals surface area (Å²) in [6.45, 7) is -0.00522. The third-order valence-corrected chi connectivity index (χ3v) is 2.65. The Labute approximate surface area is 104 Å². The van der Waals surface area contributed by atoms with E-state index in [1.165, 1.54) is 0 Å². The molecule has 1 unspecified atom stereocenters. The molecule has 1 aromatic heterocycles. The third-order valence-electron chi connectivity index (χ3n) is 1.58. The zero-order valence-electron chi connectivity index (χ0n) is 7.65. The largest absolute Gasteiger partial charge is 0.394 e. The molecule has 0 fully saturated rings. The van der Waals surface area contributed by atoms with Gasteiger partial charge in [-0.3, -0.25) is 4.98 Å². The Morgan fingerprint density at radius 3 is 2.87 bits per heavy atom. The van der Waals surface area contributed by atoms with E-state index in [-0.39, 0.29) is 13.2 Å². The number of pyridine rings is 1. The van der Waals surface area contributed by atoms with Crippen LogP contribution in [0.15, 0.2) is 21.2 Å². The molecule has 1 atom stereocenters. The molecular formula is C9H8Br2N2O2. The maximum Gasteiger partial charge on any atom is 0.186 e. The van der Waals surface area contributed by atoms with E-state index in [0.29, 0.717) is 10.2 Å². The van der Waals surface area contributed by atoms with Gasteiger partial charge in [-0.25, -0.2) is 0 Å². The van der Waals surface area contributed by atoms with Crippen molar-refractivity contribution in [2.75, 3.05) is 13.2 Å². The number of halogens is 2. The van der Waals surface area contributed by atoms with Crippen LogP contribution < -0.4 is 0 Å². The molecule has 15 heavy (non-hydrogen) atoms. The van der Waals surface area contributed by atoms with Crippen molar-refractivity contribution in [3.05, 3.63) is 26.9 Å². The summed E-state index contributed by atoms with van der Waals surface area (Å²) in [6.07, 6.45) is 0.826. The van der Waals surface area contributed by atoms with Crippen molar-refractivity contribution in [1.82, 2.24) is 4.98 Å². The molecule has 0 amide bonds. The van der Waals surface area contributed by atoms with Gasteiger partial charge >= 0.3 is 0 Å². The fourth-order valence-corrected chi connectivity index (χ4v) is 2.16. The van der Waals surface area contributed by atoms with Gasteiger partial charge in [-0.05, 0) is 37.9 Å². The molecule has 0 saturated heterocycles. The number of ether oxygens (including phenoxy) is 1. The normalized spacial score (nSPS) is 12.1. The lowest BCUT2D eigenvalue weighted by Gasteiger charge is -2.10. The molecule has 0 aliphatic rings. The fraction of sp³-hybridized carbons (Fsp3) is 0.333. The number of hydrogen-bond donors (Lipinski definition) is 1. The molecule has 1 heterocycles. The molecular weight excluding hydrogens is 328 g/mol. The van der Waals surface area contributed by atoms with E-state index in [9.17, 15) is 0 Å². The van der Waals surface area contributed by atoms with Gasteiger partial charge in [0.15, 0.2) is 6.10 Å². The van der Waals surface area contributed by atoms with Crippen LogP contribution in [0.1, 0.15) is 11.8 Å². The summed E-state index contributed by atoms with van der Waals surface area (Å²) in [5.74, 6) is 0. The minimum absolute atomic E-state index is 0.114. The first-order chi connectivity index (χ1) is 7.19. The van der Waals surface area contributed by atoms with Crippen molar-refractivity contribution in [3.8, 4) is 6.07 Å². The third kappa shape index (κ3) is 3.54. The van der Waals surface area contributed by atoms with E-state index < -0.39 is 6.10 Å². The average molecular weight is 336 g/mol. The molecule has 0 aliphatic carbocycles. The van der Waals surface area contributed by atoms with E-state index >= 15 is 0 Å². The molecule has 4 nitrogen and oxygen atoms in total. The van der Waals surface area contributed by atoms with Crippen LogP contribution in [-0.2, 0) is 4.74 Å². The fourth-order valence-electron chi connectivity index (χ4n) is 0.966. The smallest absolute Gasteiger partial charge is 0.186 e. The van der Waals surface area contributed by atoms with Gasteiger partial charge in [0.1, 0.15) is 6.07 Å². The van der Waals surface area contributed by atoms with Gasteiger partial charge in [-0.1, -0.05) is 0 Å². The topological polar surface area (TPSA) is 66.1 Å². The zero-order chi connectivity index (χ0) is 11.3. The molecule has 80 valence electrons. The van der Waals surface area contributed by atoms with Crippen LogP contribution in [0.25, 0.3) is 0 Å². The molecule has 0 bridgehead atoms. The summed E-state index contributed by atoms with van der Waals surface area (Å²) in [5.41, 5.74) is 0.508. The van der Waals surface area contributed by atoms with Crippen LogP contribution in [-0.4, -0.2) is 23.3 Å². The van der Waals surface area contributed by atoms with E-state index in [0.717, 1.165) is 4.47 Å². The van der Waals surface area contributed by atoms with Gasteiger partial charge in [0.2, 0.25) is 0 Å². The lowest BCUT2D eigenvalue weighted by Crippen LogP contribution is -2.08. The molecule has 1 aromatic rings. The highest BCUT2D eigenvalue weighted by molar-refractivity contribution is 9.11. The Hall–Kier alpha value is -0.480. The average Bonchev–Trinajstić information content (AvgIpc) is 2.21. The zero-order valence-corrected chi connectivity index (χ0v) is 10.8. The summed E-state index contributed by atoms with van der Waals surface area (Å²) < 4.78 is 6.64. The number of rotatable bonds is 4. The van der Waals surface area contributed by atoms with Gasteiger partial charge in [0.05, 0.1) is 18.9 Å². The minimum Gasteiger partial charge on any atom is -0.394 e. The standard InChI is InChI=1S/C9H8Br2N2O2/c10-6-3-7(11)9(13-5-6)8(4-12)15-2-1-14/h3,5,8,14H,1-2H2. The maximum atomic E-state index is 8.87. The Morgan fingerprint density at radius 2 is 2.33 bits per heavy atom. The highest BCUT2D eigenvalue weighted by Crippen LogP contribution is 2.26. The van der Waals surface area contributed by atoms with Crippen LogP contribution >= 0.6 is 31.9 Å².